The van der Waals surface area contributed by atoms with Crippen molar-refractivity contribution in [1.82, 2.24) is 30.1 Å². The summed E-state index contributed by atoms with van der Waals surface area (Å²) in [6.07, 6.45) is 0.798. The van der Waals surface area contributed by atoms with E-state index in [1.54, 1.807) is 0 Å². The number of tetrazole rings is 1. The first kappa shape index (κ1) is 26.8. The molecule has 3 aromatic carbocycles. The van der Waals surface area contributed by atoms with Gasteiger partial charge in [-0.25, -0.2) is 4.68 Å². The van der Waals surface area contributed by atoms with E-state index in [0.29, 0.717) is 29.5 Å². The van der Waals surface area contributed by atoms with Gasteiger partial charge in [-0.05, 0) is 84.8 Å². The van der Waals surface area contributed by atoms with E-state index >= 15 is 0 Å². The lowest BCUT2D eigenvalue weighted by molar-refractivity contribution is 0.195. The molecule has 1 unspecified atom stereocenters. The van der Waals surface area contributed by atoms with Crippen LogP contribution in [0.15, 0.2) is 83.7 Å². The molecule has 0 aliphatic heterocycles. The number of pyridine rings is 1. The van der Waals surface area contributed by atoms with E-state index in [9.17, 15) is 4.79 Å². The van der Waals surface area contributed by atoms with E-state index in [1.807, 2.05) is 78.3 Å². The largest absolute Gasteiger partial charge is 0.321 e. The Kier molecular flexibility index (Phi) is 7.64. The molecule has 0 amide bonds. The number of fused-ring (bicyclic) bond motifs is 1. The van der Waals surface area contributed by atoms with Crippen LogP contribution < -0.4 is 5.56 Å². The third-order valence-corrected chi connectivity index (χ3v) is 7.23. The summed E-state index contributed by atoms with van der Waals surface area (Å²) < 4.78 is 1.83. The van der Waals surface area contributed by atoms with Gasteiger partial charge in [-0.1, -0.05) is 72.3 Å². The first-order valence-corrected chi connectivity index (χ1v) is 13.5. The van der Waals surface area contributed by atoms with Crippen molar-refractivity contribution in [3.63, 3.8) is 0 Å². The number of nitrogens with zero attached hydrogens (tertiary/aromatic N) is 5. The monoisotopic (exact) mass is 540 g/mol. The molecule has 0 spiro atoms. The van der Waals surface area contributed by atoms with Crippen molar-refractivity contribution in [3.05, 3.63) is 122 Å². The van der Waals surface area contributed by atoms with Gasteiger partial charge in [0.25, 0.3) is 5.56 Å². The van der Waals surface area contributed by atoms with Gasteiger partial charge in [-0.3, -0.25) is 9.69 Å². The van der Waals surface area contributed by atoms with Crippen molar-refractivity contribution in [2.75, 3.05) is 6.54 Å². The van der Waals surface area contributed by atoms with Crippen LogP contribution in [0.1, 0.15) is 54.9 Å². The van der Waals surface area contributed by atoms with Crippen molar-refractivity contribution in [2.24, 2.45) is 0 Å². The highest BCUT2D eigenvalue weighted by molar-refractivity contribution is 6.30. The van der Waals surface area contributed by atoms with Gasteiger partial charge in [0.1, 0.15) is 6.04 Å². The summed E-state index contributed by atoms with van der Waals surface area (Å²) in [6, 6.07) is 25.7. The van der Waals surface area contributed by atoms with Gasteiger partial charge >= 0.3 is 0 Å². The molecule has 7 nitrogen and oxygen atoms in total. The maximum Gasteiger partial charge on any atom is 0.253 e. The number of aromatic nitrogens is 5. The van der Waals surface area contributed by atoms with E-state index in [4.69, 9.17) is 11.6 Å². The minimum Gasteiger partial charge on any atom is -0.321 e. The van der Waals surface area contributed by atoms with Gasteiger partial charge in [0.15, 0.2) is 5.82 Å². The lowest BCUT2D eigenvalue weighted by Crippen LogP contribution is -2.38. The number of benzene rings is 3. The molecular weight excluding hydrogens is 508 g/mol. The number of nitrogens with one attached hydrogen (secondary N) is 1. The summed E-state index contributed by atoms with van der Waals surface area (Å²) >= 11 is 6.20. The molecule has 2 heterocycles. The van der Waals surface area contributed by atoms with Crippen molar-refractivity contribution < 1.29 is 0 Å². The molecule has 0 radical (unpaired) electrons. The second-order valence-electron chi connectivity index (χ2n) is 10.9. The smallest absolute Gasteiger partial charge is 0.253 e. The van der Waals surface area contributed by atoms with Crippen LogP contribution in [-0.2, 0) is 18.5 Å². The SMILES string of the molecule is Cc1cccc2cc(C(c3nnnn3C(C)(C)C)N(CCc3ccccc3)Cc3ccc(Cl)cc3)c(=O)[nH]c12. The fourth-order valence-electron chi connectivity index (χ4n) is 4.99. The molecule has 0 fully saturated rings. The lowest BCUT2D eigenvalue weighted by Gasteiger charge is -2.33. The highest BCUT2D eigenvalue weighted by Crippen LogP contribution is 2.31. The van der Waals surface area contributed by atoms with Gasteiger partial charge in [0, 0.05) is 23.7 Å². The van der Waals surface area contributed by atoms with E-state index < -0.39 is 6.04 Å². The first-order valence-electron chi connectivity index (χ1n) is 13.1. The number of hydrogen-bond donors (Lipinski definition) is 1. The molecule has 1 N–H and O–H groups in total. The number of aryl methyl sites for hydroxylation is 1. The van der Waals surface area contributed by atoms with Crippen LogP contribution in [0.5, 0.6) is 0 Å². The van der Waals surface area contributed by atoms with Crippen molar-refractivity contribution in [2.45, 2.75) is 52.2 Å². The van der Waals surface area contributed by atoms with Crippen LogP contribution >= 0.6 is 11.6 Å². The zero-order valence-corrected chi connectivity index (χ0v) is 23.5. The van der Waals surface area contributed by atoms with Gasteiger partial charge in [0.2, 0.25) is 0 Å². The summed E-state index contributed by atoms with van der Waals surface area (Å²) in [5, 5.41) is 14.6. The van der Waals surface area contributed by atoms with Crippen LogP contribution in [-0.4, -0.2) is 36.6 Å². The van der Waals surface area contributed by atoms with Gasteiger partial charge in [0.05, 0.1) is 11.1 Å². The van der Waals surface area contributed by atoms with Gasteiger partial charge < -0.3 is 4.98 Å². The number of hydrogen-bond acceptors (Lipinski definition) is 5. The number of rotatable bonds is 8. The second kappa shape index (κ2) is 11.1. The molecule has 8 heteroatoms. The zero-order valence-electron chi connectivity index (χ0n) is 22.7. The van der Waals surface area contributed by atoms with E-state index in [1.165, 1.54) is 5.56 Å². The molecule has 0 aliphatic rings. The first-order chi connectivity index (χ1) is 18.7. The molecule has 39 heavy (non-hydrogen) atoms. The molecule has 5 rings (SSSR count). The number of H-pyrrole nitrogens is 1. The van der Waals surface area contributed by atoms with E-state index in [-0.39, 0.29) is 11.1 Å². The van der Waals surface area contributed by atoms with Gasteiger partial charge in [-0.15, -0.1) is 5.10 Å². The fraction of sp³-hybridized carbons (Fsp3) is 0.290. The summed E-state index contributed by atoms with van der Waals surface area (Å²) in [5.41, 5.74) is 4.24. The number of para-hydroxylation sites is 1. The van der Waals surface area contributed by atoms with Crippen LogP contribution in [0.3, 0.4) is 0 Å². The third kappa shape index (κ3) is 5.95. The Morgan fingerprint density at radius 2 is 1.72 bits per heavy atom. The van der Waals surface area contributed by atoms with Crippen molar-refractivity contribution in [1.29, 1.82) is 0 Å². The lowest BCUT2D eigenvalue weighted by atomic mass is 9.99. The van der Waals surface area contributed by atoms with Crippen molar-refractivity contribution >= 4 is 22.5 Å². The van der Waals surface area contributed by atoms with Crippen LogP contribution in [0, 0.1) is 6.92 Å². The maximum atomic E-state index is 13.8. The van der Waals surface area contributed by atoms with Crippen LogP contribution in [0.2, 0.25) is 5.02 Å². The number of aromatic amines is 1. The average molecular weight is 541 g/mol. The fourth-order valence-corrected chi connectivity index (χ4v) is 5.11. The molecule has 200 valence electrons. The van der Waals surface area contributed by atoms with E-state index in [2.05, 4.69) is 58.3 Å². The van der Waals surface area contributed by atoms with E-state index in [0.717, 1.165) is 28.5 Å². The van der Waals surface area contributed by atoms with Crippen LogP contribution in [0.4, 0.5) is 0 Å². The zero-order chi connectivity index (χ0) is 27.6. The predicted molar refractivity (Wildman–Crippen MR) is 156 cm³/mol. The van der Waals surface area contributed by atoms with Crippen molar-refractivity contribution in [3.8, 4) is 0 Å². The highest BCUT2D eigenvalue weighted by atomic mass is 35.5. The Balaban J connectivity index is 1.68. The van der Waals surface area contributed by atoms with Gasteiger partial charge in [-0.2, -0.15) is 0 Å². The molecule has 5 aromatic rings. The summed E-state index contributed by atoms with van der Waals surface area (Å²) in [6.45, 7) is 9.45. The Labute approximate surface area is 233 Å². The standard InChI is InChI=1S/C31H33ClN6O/c1-21-9-8-12-24-19-26(30(39)33-27(21)24)28(29-34-35-36-38(29)31(2,3)4)37(18-17-22-10-6-5-7-11-22)20-23-13-15-25(32)16-14-23/h5-16,19,28H,17-18,20H2,1-4H3,(H,33,39). The normalized spacial score (nSPS) is 12.8. The second-order valence-corrected chi connectivity index (χ2v) is 11.4. The molecule has 2 aromatic heterocycles. The number of halogens is 1. The highest BCUT2D eigenvalue weighted by Gasteiger charge is 2.33. The summed E-state index contributed by atoms with van der Waals surface area (Å²) in [4.78, 5) is 19.2. The minimum atomic E-state index is -0.493. The topological polar surface area (TPSA) is 79.7 Å². The summed E-state index contributed by atoms with van der Waals surface area (Å²) in [7, 11) is 0. The average Bonchev–Trinajstić information content (AvgIpc) is 3.40. The quantitative estimate of drug-likeness (QED) is 0.258. The minimum absolute atomic E-state index is 0.147. The maximum absolute atomic E-state index is 13.8. The van der Waals surface area contributed by atoms with Crippen LogP contribution in [0.25, 0.3) is 10.9 Å². The molecular formula is C31H33ClN6O. The summed E-state index contributed by atoms with van der Waals surface area (Å²) in [5.74, 6) is 0.627. The molecule has 0 aliphatic carbocycles. The third-order valence-electron chi connectivity index (χ3n) is 6.98. The molecule has 0 saturated carbocycles. The molecule has 0 bridgehead atoms. The molecule has 0 saturated heterocycles. The molecule has 1 atom stereocenters. The Morgan fingerprint density at radius 3 is 2.44 bits per heavy atom. The Bertz CT molecular complexity index is 1620. The predicted octanol–water partition coefficient (Wildman–Crippen LogP) is 6.07. The Morgan fingerprint density at radius 1 is 0.974 bits per heavy atom. The Hall–Kier alpha value is -3.81.